The summed E-state index contributed by atoms with van der Waals surface area (Å²) in [5.41, 5.74) is 2.39. The van der Waals surface area contributed by atoms with Gasteiger partial charge >= 0.3 is 0 Å². The predicted octanol–water partition coefficient (Wildman–Crippen LogP) is 5.57. The fraction of sp³-hybridized carbons (Fsp3) is 0.345. The highest BCUT2D eigenvalue weighted by atomic mass is 35.5. The summed E-state index contributed by atoms with van der Waals surface area (Å²) in [6.07, 6.45) is 2.02. The first-order chi connectivity index (χ1) is 17.5. The van der Waals surface area contributed by atoms with E-state index in [-0.39, 0.29) is 30.7 Å². The number of carbonyl (C=O) groups is 3. The summed E-state index contributed by atoms with van der Waals surface area (Å²) >= 11 is 6.39. The normalized spacial score (nSPS) is 13.2. The van der Waals surface area contributed by atoms with Crippen LogP contribution in [-0.4, -0.2) is 41.8 Å². The molecule has 1 aliphatic rings. The van der Waals surface area contributed by atoms with Gasteiger partial charge in [-0.3, -0.25) is 14.4 Å². The van der Waals surface area contributed by atoms with Crippen molar-refractivity contribution in [2.24, 2.45) is 0 Å². The number of halogens is 1. The van der Waals surface area contributed by atoms with E-state index in [1.54, 1.807) is 15.9 Å². The number of hydrogen-bond acceptors (Lipinski definition) is 3. The molecule has 0 bridgehead atoms. The molecule has 7 heteroatoms. The van der Waals surface area contributed by atoms with Crippen LogP contribution in [0.25, 0.3) is 10.8 Å². The highest BCUT2D eigenvalue weighted by Gasteiger charge is 2.31. The molecule has 1 heterocycles. The van der Waals surface area contributed by atoms with Crippen molar-refractivity contribution in [2.45, 2.75) is 52.1 Å². The molecule has 0 aliphatic carbocycles. The standard InChI is InChI=1S/C29H32ClN3O3/c1-3-17-31-28(35)24(4-2)33(19-21-10-5-6-14-23(21)30)26(34)16-9-18-32-25-15-8-12-20-11-7-13-22(27(20)25)29(32)36/h5-8,10-15,24H,3-4,9,16-19H2,1-2H3,(H,31,35). The molecule has 188 valence electrons. The van der Waals surface area contributed by atoms with Gasteiger partial charge in [-0.05, 0) is 48.4 Å². The van der Waals surface area contributed by atoms with Crippen LogP contribution in [0.1, 0.15) is 55.5 Å². The Morgan fingerprint density at radius 2 is 1.78 bits per heavy atom. The van der Waals surface area contributed by atoms with Gasteiger partial charge in [-0.25, -0.2) is 0 Å². The monoisotopic (exact) mass is 505 g/mol. The second-order valence-electron chi connectivity index (χ2n) is 9.07. The second kappa shape index (κ2) is 11.6. The van der Waals surface area contributed by atoms with Crippen molar-refractivity contribution < 1.29 is 14.4 Å². The molecule has 0 spiro atoms. The molecule has 0 saturated heterocycles. The van der Waals surface area contributed by atoms with Crippen molar-refractivity contribution in [2.75, 3.05) is 18.0 Å². The molecule has 3 aromatic rings. The third-order valence-corrected chi connectivity index (χ3v) is 7.02. The predicted molar refractivity (Wildman–Crippen MR) is 144 cm³/mol. The van der Waals surface area contributed by atoms with Gasteiger partial charge in [0.15, 0.2) is 0 Å². The van der Waals surface area contributed by atoms with Crippen LogP contribution >= 0.6 is 11.6 Å². The molecule has 36 heavy (non-hydrogen) atoms. The van der Waals surface area contributed by atoms with Gasteiger partial charge in [0.2, 0.25) is 11.8 Å². The molecule has 0 fully saturated rings. The van der Waals surface area contributed by atoms with Crippen molar-refractivity contribution >= 4 is 45.8 Å². The van der Waals surface area contributed by atoms with Crippen LogP contribution < -0.4 is 10.2 Å². The smallest absolute Gasteiger partial charge is 0.258 e. The average Bonchev–Trinajstić information content (AvgIpc) is 3.16. The molecule has 0 aromatic heterocycles. The average molecular weight is 506 g/mol. The zero-order valence-corrected chi connectivity index (χ0v) is 21.6. The number of anilines is 1. The van der Waals surface area contributed by atoms with Crippen molar-refractivity contribution in [1.82, 2.24) is 10.2 Å². The lowest BCUT2D eigenvalue weighted by Gasteiger charge is -2.31. The van der Waals surface area contributed by atoms with E-state index < -0.39 is 6.04 Å². The number of amides is 3. The highest BCUT2D eigenvalue weighted by molar-refractivity contribution is 6.31. The van der Waals surface area contributed by atoms with Crippen LogP contribution in [0.15, 0.2) is 60.7 Å². The minimum absolute atomic E-state index is 0.0347. The second-order valence-corrected chi connectivity index (χ2v) is 9.48. The maximum Gasteiger partial charge on any atom is 0.258 e. The van der Waals surface area contributed by atoms with Crippen LogP contribution in [0.3, 0.4) is 0 Å². The summed E-state index contributed by atoms with van der Waals surface area (Å²) in [5.74, 6) is -0.320. The van der Waals surface area contributed by atoms with E-state index in [2.05, 4.69) is 5.32 Å². The lowest BCUT2D eigenvalue weighted by Crippen LogP contribution is -2.49. The van der Waals surface area contributed by atoms with Gasteiger partial charge in [0.1, 0.15) is 6.04 Å². The van der Waals surface area contributed by atoms with Crippen LogP contribution in [0, 0.1) is 0 Å². The van der Waals surface area contributed by atoms with Gasteiger partial charge < -0.3 is 15.1 Å². The van der Waals surface area contributed by atoms with E-state index in [1.807, 2.05) is 68.4 Å². The molecule has 3 aromatic carbocycles. The lowest BCUT2D eigenvalue weighted by atomic mass is 10.1. The van der Waals surface area contributed by atoms with Gasteiger partial charge in [0.25, 0.3) is 5.91 Å². The third kappa shape index (κ3) is 5.24. The third-order valence-electron chi connectivity index (χ3n) is 6.66. The first-order valence-corrected chi connectivity index (χ1v) is 13.0. The van der Waals surface area contributed by atoms with E-state index >= 15 is 0 Å². The molecule has 1 atom stereocenters. The van der Waals surface area contributed by atoms with Gasteiger partial charge in [0, 0.05) is 42.0 Å². The number of hydrogen-bond donors (Lipinski definition) is 1. The Kier molecular flexibility index (Phi) is 8.26. The fourth-order valence-electron chi connectivity index (χ4n) is 4.83. The highest BCUT2D eigenvalue weighted by Crippen LogP contribution is 2.37. The maximum atomic E-state index is 13.5. The Bertz CT molecular complexity index is 1270. The number of benzene rings is 3. The van der Waals surface area contributed by atoms with Gasteiger partial charge in [0.05, 0.1) is 5.69 Å². The fourth-order valence-corrected chi connectivity index (χ4v) is 5.02. The Balaban J connectivity index is 1.49. The van der Waals surface area contributed by atoms with Crippen molar-refractivity contribution in [1.29, 1.82) is 0 Å². The summed E-state index contributed by atoms with van der Waals surface area (Å²) in [6, 6.07) is 18.4. The Morgan fingerprint density at radius 1 is 1.03 bits per heavy atom. The van der Waals surface area contributed by atoms with Gasteiger partial charge in [-0.1, -0.05) is 67.9 Å². The molecule has 6 nitrogen and oxygen atoms in total. The van der Waals surface area contributed by atoms with Crippen LogP contribution in [0.5, 0.6) is 0 Å². The van der Waals surface area contributed by atoms with Crippen LogP contribution in [0.2, 0.25) is 5.02 Å². The molecule has 0 saturated carbocycles. The molecule has 1 aliphatic heterocycles. The van der Waals surface area contributed by atoms with Crippen LogP contribution in [-0.2, 0) is 16.1 Å². The maximum absolute atomic E-state index is 13.5. The van der Waals surface area contributed by atoms with Crippen molar-refractivity contribution in [3.05, 3.63) is 76.8 Å². The topological polar surface area (TPSA) is 69.7 Å². The van der Waals surface area contributed by atoms with Crippen molar-refractivity contribution in [3.63, 3.8) is 0 Å². The molecule has 1 unspecified atom stereocenters. The molecular weight excluding hydrogens is 474 g/mol. The first kappa shape index (κ1) is 25.7. The number of nitrogens with zero attached hydrogens (tertiary/aromatic N) is 2. The zero-order chi connectivity index (χ0) is 25.7. The Labute approximate surface area is 217 Å². The van der Waals surface area contributed by atoms with E-state index in [1.165, 1.54) is 0 Å². The number of rotatable bonds is 11. The molecule has 3 amide bonds. The summed E-state index contributed by atoms with van der Waals surface area (Å²) in [6.45, 7) is 5.14. The molecule has 4 rings (SSSR count). The van der Waals surface area contributed by atoms with Crippen LogP contribution in [0.4, 0.5) is 5.69 Å². The van der Waals surface area contributed by atoms with Gasteiger partial charge in [-0.15, -0.1) is 0 Å². The first-order valence-electron chi connectivity index (χ1n) is 12.6. The van der Waals surface area contributed by atoms with Crippen molar-refractivity contribution in [3.8, 4) is 0 Å². The number of nitrogens with one attached hydrogen (secondary N) is 1. The summed E-state index contributed by atoms with van der Waals surface area (Å²) < 4.78 is 0. The SMILES string of the molecule is CCCNC(=O)C(CC)N(Cc1ccccc1Cl)C(=O)CCCN1C(=O)c2cccc3cccc1c23. The van der Waals surface area contributed by atoms with E-state index in [9.17, 15) is 14.4 Å². The van der Waals surface area contributed by atoms with E-state index in [4.69, 9.17) is 11.6 Å². The zero-order valence-electron chi connectivity index (χ0n) is 20.8. The quantitative estimate of drug-likeness (QED) is 0.370. The largest absolute Gasteiger partial charge is 0.354 e. The minimum atomic E-state index is -0.591. The Hall–Kier alpha value is -3.38. The number of carbonyl (C=O) groups excluding carboxylic acids is 3. The summed E-state index contributed by atoms with van der Waals surface area (Å²) in [4.78, 5) is 42.9. The van der Waals surface area contributed by atoms with Gasteiger partial charge in [-0.2, -0.15) is 0 Å². The minimum Gasteiger partial charge on any atom is -0.354 e. The van der Waals surface area contributed by atoms with E-state index in [0.717, 1.165) is 28.4 Å². The molecule has 1 N–H and O–H groups in total. The Morgan fingerprint density at radius 3 is 2.50 bits per heavy atom. The van der Waals surface area contributed by atoms with E-state index in [0.29, 0.717) is 36.5 Å². The summed E-state index contributed by atoms with van der Waals surface area (Å²) in [7, 11) is 0. The summed E-state index contributed by atoms with van der Waals surface area (Å²) in [5, 5.41) is 5.49. The lowest BCUT2D eigenvalue weighted by molar-refractivity contribution is -0.141. The molecular formula is C29H32ClN3O3. The molecule has 0 radical (unpaired) electrons.